The van der Waals surface area contributed by atoms with E-state index in [1.807, 2.05) is 32.1 Å². The van der Waals surface area contributed by atoms with Crippen LogP contribution in [0.2, 0.25) is 5.02 Å². The van der Waals surface area contributed by atoms with Gasteiger partial charge in [0.2, 0.25) is 0 Å². The third-order valence-corrected chi connectivity index (χ3v) is 5.67. The Labute approximate surface area is 162 Å². The molecule has 3 heterocycles. The monoisotopic (exact) mass is 388 g/mol. The van der Waals surface area contributed by atoms with E-state index in [1.165, 1.54) is 8.96 Å². The standard InChI is InChI=1S/C20H20BClF2N2O/c1-11-8-13(3)25-19(11)18(15-6-7-17(27-5)16(22)10-15)20-12(2)9-14(4)26(20)21(25,23)24/h6-10H,1-5H3. The number of hydrogen-bond acceptors (Lipinski definition) is 1. The zero-order chi connectivity index (χ0) is 19.7. The lowest BCUT2D eigenvalue weighted by molar-refractivity contribution is -0.363. The lowest BCUT2D eigenvalue weighted by Crippen LogP contribution is -2.51. The first-order valence-corrected chi connectivity index (χ1v) is 9.17. The van der Waals surface area contributed by atoms with E-state index < -0.39 is 6.97 Å². The molecule has 0 saturated heterocycles. The second-order valence-electron chi connectivity index (χ2n) is 7.19. The Bertz CT molecular complexity index is 1100. The first-order chi connectivity index (χ1) is 12.7. The number of methoxy groups -OCH3 is 1. The van der Waals surface area contributed by atoms with Crippen molar-refractivity contribution in [3.05, 3.63) is 69.1 Å². The summed E-state index contributed by atoms with van der Waals surface area (Å²) >= 11 is 6.35. The van der Waals surface area contributed by atoms with Crippen LogP contribution in [0.3, 0.4) is 0 Å². The van der Waals surface area contributed by atoms with E-state index in [4.69, 9.17) is 16.3 Å². The highest BCUT2D eigenvalue weighted by Gasteiger charge is 2.55. The highest BCUT2D eigenvalue weighted by atomic mass is 35.5. The molecule has 0 spiro atoms. The van der Waals surface area contributed by atoms with Crippen molar-refractivity contribution in [2.75, 3.05) is 7.11 Å². The molecule has 3 nitrogen and oxygen atoms in total. The summed E-state index contributed by atoms with van der Waals surface area (Å²) in [6, 6.07) is 7.24. The van der Waals surface area contributed by atoms with Crippen LogP contribution in [0, 0.1) is 13.8 Å². The summed E-state index contributed by atoms with van der Waals surface area (Å²) in [6.07, 6.45) is 1.81. The van der Waals surface area contributed by atoms with Gasteiger partial charge in [-0.2, -0.15) is 0 Å². The average molecular weight is 389 g/mol. The van der Waals surface area contributed by atoms with Gasteiger partial charge >= 0.3 is 6.97 Å². The maximum absolute atomic E-state index is 15.6. The number of halogens is 3. The Balaban J connectivity index is 2.13. The number of ether oxygens (including phenoxy) is 1. The molecule has 0 unspecified atom stereocenters. The van der Waals surface area contributed by atoms with Crippen molar-refractivity contribution in [1.29, 1.82) is 0 Å². The van der Waals surface area contributed by atoms with Crippen LogP contribution in [0.1, 0.15) is 36.4 Å². The molecule has 2 aliphatic rings. The number of hydrogen-bond donors (Lipinski definition) is 0. The zero-order valence-electron chi connectivity index (χ0n) is 15.9. The van der Waals surface area contributed by atoms with E-state index in [0.29, 0.717) is 33.6 Å². The van der Waals surface area contributed by atoms with Crippen molar-refractivity contribution in [1.82, 2.24) is 4.48 Å². The van der Waals surface area contributed by atoms with Crippen molar-refractivity contribution in [3.63, 3.8) is 0 Å². The number of nitrogens with zero attached hydrogens (tertiary/aromatic N) is 2. The second-order valence-corrected chi connectivity index (χ2v) is 7.59. The molecule has 0 amide bonds. The van der Waals surface area contributed by atoms with Gasteiger partial charge in [0, 0.05) is 24.3 Å². The van der Waals surface area contributed by atoms with Gasteiger partial charge in [-0.25, -0.2) is 0 Å². The summed E-state index contributed by atoms with van der Waals surface area (Å²) in [5.74, 6) is 0.554. The third kappa shape index (κ3) is 2.36. The van der Waals surface area contributed by atoms with Gasteiger partial charge in [-0.15, -0.1) is 0 Å². The molecule has 7 heteroatoms. The Kier molecular flexibility index (Phi) is 3.90. The number of aryl methyl sites for hydroxylation is 2. The van der Waals surface area contributed by atoms with Gasteiger partial charge in [0.15, 0.2) is 5.70 Å². The quantitative estimate of drug-likeness (QED) is 0.647. The van der Waals surface area contributed by atoms with Crippen LogP contribution in [0.15, 0.2) is 41.6 Å². The predicted octanol–water partition coefficient (Wildman–Crippen LogP) is 5.20. The molecule has 1 aromatic carbocycles. The van der Waals surface area contributed by atoms with Crippen molar-refractivity contribution in [2.45, 2.75) is 27.7 Å². The van der Waals surface area contributed by atoms with Crippen LogP contribution in [0.5, 0.6) is 5.75 Å². The van der Waals surface area contributed by atoms with Crippen molar-refractivity contribution in [2.24, 2.45) is 0 Å². The van der Waals surface area contributed by atoms with Gasteiger partial charge in [-0.05, 0) is 55.8 Å². The molecule has 2 aromatic rings. The first-order valence-electron chi connectivity index (χ1n) is 8.79. The Morgan fingerprint density at radius 1 is 1.11 bits per heavy atom. The lowest BCUT2D eigenvalue weighted by Gasteiger charge is -2.34. The van der Waals surface area contributed by atoms with Crippen molar-refractivity contribution < 1.29 is 17.9 Å². The van der Waals surface area contributed by atoms with E-state index in [1.54, 1.807) is 33.1 Å². The van der Waals surface area contributed by atoms with Gasteiger partial charge in [0.25, 0.3) is 0 Å². The maximum Gasteiger partial charge on any atom is 0.737 e. The van der Waals surface area contributed by atoms with E-state index in [2.05, 4.69) is 0 Å². The summed E-state index contributed by atoms with van der Waals surface area (Å²) in [5, 5.41) is 0.449. The SMILES string of the molecule is COc1ccc(C2=C3C(C)=CC(C)=[N+]3[B-](F)(F)n3c(C)cc(C)c32)cc1Cl. The molecule has 0 atom stereocenters. The minimum absolute atomic E-state index is 0.449. The van der Waals surface area contributed by atoms with E-state index in [9.17, 15) is 0 Å². The molecule has 27 heavy (non-hydrogen) atoms. The van der Waals surface area contributed by atoms with Crippen LogP contribution in [-0.2, 0) is 0 Å². The molecule has 2 aliphatic heterocycles. The molecule has 0 aliphatic carbocycles. The number of benzene rings is 1. The Hall–Kier alpha value is -2.34. The average Bonchev–Trinajstić information content (AvgIpc) is 3.05. The van der Waals surface area contributed by atoms with Crippen molar-refractivity contribution in [3.8, 4) is 5.75 Å². The smallest absolute Gasteiger partial charge is 0.495 e. The van der Waals surface area contributed by atoms with Gasteiger partial charge in [-0.1, -0.05) is 17.7 Å². The Morgan fingerprint density at radius 2 is 1.81 bits per heavy atom. The molecule has 0 bridgehead atoms. The van der Waals surface area contributed by atoms with Gasteiger partial charge in [0.05, 0.1) is 17.7 Å². The van der Waals surface area contributed by atoms with Crippen LogP contribution < -0.4 is 4.74 Å². The summed E-state index contributed by atoms with van der Waals surface area (Å²) in [6.45, 7) is 3.22. The fourth-order valence-corrected chi connectivity index (χ4v) is 4.65. The number of fused-ring (bicyclic) bond motifs is 2. The fraction of sp³-hybridized carbons (Fsp3) is 0.250. The number of aromatic nitrogens is 1. The number of rotatable bonds is 2. The summed E-state index contributed by atoms with van der Waals surface area (Å²) in [5.41, 5.74) is 5.38. The second kappa shape index (κ2) is 5.83. The fourth-order valence-electron chi connectivity index (χ4n) is 4.39. The molecule has 140 valence electrons. The lowest BCUT2D eigenvalue weighted by atomic mass is 9.84. The molecular formula is C20H20BClF2N2O. The highest BCUT2D eigenvalue weighted by molar-refractivity contribution is 6.58. The van der Waals surface area contributed by atoms with Crippen LogP contribution in [-0.4, -0.2) is 28.8 Å². The van der Waals surface area contributed by atoms with Crippen LogP contribution >= 0.6 is 11.6 Å². The molecule has 1 aromatic heterocycles. The Morgan fingerprint density at radius 3 is 2.44 bits per heavy atom. The molecule has 4 rings (SSSR count). The summed E-state index contributed by atoms with van der Waals surface area (Å²) < 4.78 is 38.7. The minimum Gasteiger partial charge on any atom is -0.495 e. The zero-order valence-corrected chi connectivity index (χ0v) is 16.7. The summed E-state index contributed by atoms with van der Waals surface area (Å²) in [7, 11) is 1.55. The van der Waals surface area contributed by atoms with Crippen molar-refractivity contribution >= 4 is 29.9 Å². The highest BCUT2D eigenvalue weighted by Crippen LogP contribution is 2.45. The molecule has 0 N–H and O–H groups in total. The van der Waals surface area contributed by atoms with E-state index in [-0.39, 0.29) is 0 Å². The molecule has 0 radical (unpaired) electrons. The summed E-state index contributed by atoms with van der Waals surface area (Å²) in [4.78, 5) is 0. The minimum atomic E-state index is -3.97. The topological polar surface area (TPSA) is 17.2 Å². The largest absolute Gasteiger partial charge is 0.737 e. The molecule has 0 saturated carbocycles. The molecule has 0 fully saturated rings. The normalized spacial score (nSPS) is 17.9. The number of allylic oxidation sites excluding steroid dienone is 2. The molecular weight excluding hydrogens is 368 g/mol. The van der Waals surface area contributed by atoms with Crippen LogP contribution in [0.25, 0.3) is 5.57 Å². The predicted molar refractivity (Wildman–Crippen MR) is 106 cm³/mol. The maximum atomic E-state index is 15.6. The van der Waals surface area contributed by atoms with Gasteiger partial charge in [-0.3, -0.25) is 0 Å². The van der Waals surface area contributed by atoms with Crippen LogP contribution in [0.4, 0.5) is 8.63 Å². The van der Waals surface area contributed by atoms with Gasteiger partial charge in [0.1, 0.15) is 11.5 Å². The third-order valence-electron chi connectivity index (χ3n) is 5.37. The van der Waals surface area contributed by atoms with E-state index >= 15 is 8.63 Å². The van der Waals surface area contributed by atoms with E-state index in [0.717, 1.165) is 22.3 Å². The first kappa shape index (κ1) is 18.0. The van der Waals surface area contributed by atoms with Gasteiger partial charge < -0.3 is 22.3 Å².